The highest BCUT2D eigenvalue weighted by molar-refractivity contribution is 7.86. The second-order valence-electron chi connectivity index (χ2n) is 5.42. The first-order valence-corrected chi connectivity index (χ1v) is 8.20. The van der Waals surface area contributed by atoms with Gasteiger partial charge in [-0.1, -0.05) is 39.8 Å². The molecule has 0 aliphatic heterocycles. The van der Waals surface area contributed by atoms with Gasteiger partial charge >= 0.3 is 0 Å². The van der Waals surface area contributed by atoms with Crippen LogP contribution in [0.3, 0.4) is 0 Å². The van der Waals surface area contributed by atoms with Gasteiger partial charge in [0.05, 0.1) is 10.5 Å². The second-order valence-corrected chi connectivity index (χ2v) is 6.96. The lowest BCUT2D eigenvalue weighted by atomic mass is 10.0. The Morgan fingerprint density at radius 3 is 1.95 bits per heavy atom. The summed E-state index contributed by atoms with van der Waals surface area (Å²) in [4.78, 5) is 0.227. The van der Waals surface area contributed by atoms with Crippen molar-refractivity contribution in [3.8, 4) is 0 Å². The highest BCUT2D eigenvalue weighted by Crippen LogP contribution is 2.26. The minimum Gasteiger partial charge on any atom is -0.260 e. The first-order valence-electron chi connectivity index (χ1n) is 6.79. The van der Waals surface area contributed by atoms with Crippen molar-refractivity contribution >= 4 is 10.1 Å². The van der Waals surface area contributed by atoms with Crippen molar-refractivity contribution in [2.45, 2.75) is 63.9 Å². The predicted molar refractivity (Wildman–Crippen MR) is 77.8 cm³/mol. The summed E-state index contributed by atoms with van der Waals surface area (Å²) in [5.74, 6) is 0.384. The van der Waals surface area contributed by atoms with E-state index in [0.717, 1.165) is 5.56 Å². The van der Waals surface area contributed by atoms with Gasteiger partial charge in [-0.15, -0.1) is 0 Å². The summed E-state index contributed by atoms with van der Waals surface area (Å²) in [6.45, 7) is 9.84. The van der Waals surface area contributed by atoms with E-state index in [1.807, 2.05) is 32.9 Å². The van der Waals surface area contributed by atoms with Gasteiger partial charge in [0.1, 0.15) is 0 Å². The fourth-order valence-corrected chi connectivity index (χ4v) is 3.03. The Bertz CT molecular complexity index is 497. The summed E-state index contributed by atoms with van der Waals surface area (Å²) in [7, 11) is -3.68. The standard InChI is InChI=1S/C15H24O3S/c1-6-15(5,7-2)18-19(16,17)14-10-8-13(9-11-14)12(3)4/h8-12H,6-7H2,1-5H3. The van der Waals surface area contributed by atoms with Gasteiger partial charge in [-0.25, -0.2) is 0 Å². The largest absolute Gasteiger partial charge is 0.297 e. The van der Waals surface area contributed by atoms with E-state index in [4.69, 9.17) is 4.18 Å². The molecule has 4 heteroatoms. The molecule has 1 rings (SSSR count). The third kappa shape index (κ3) is 4.05. The molecule has 0 radical (unpaired) electrons. The maximum absolute atomic E-state index is 12.2. The average molecular weight is 284 g/mol. The Morgan fingerprint density at radius 2 is 1.58 bits per heavy atom. The topological polar surface area (TPSA) is 43.4 Å². The summed E-state index contributed by atoms with van der Waals surface area (Å²) in [6.07, 6.45) is 1.32. The second kappa shape index (κ2) is 6.06. The quantitative estimate of drug-likeness (QED) is 0.739. The van der Waals surface area contributed by atoms with Gasteiger partial charge < -0.3 is 0 Å². The molecule has 0 N–H and O–H groups in total. The molecule has 0 heterocycles. The maximum Gasteiger partial charge on any atom is 0.297 e. The van der Waals surface area contributed by atoms with Crippen LogP contribution in [0.1, 0.15) is 58.9 Å². The van der Waals surface area contributed by atoms with Crippen LogP contribution in [0, 0.1) is 0 Å². The van der Waals surface area contributed by atoms with Crippen molar-refractivity contribution in [1.29, 1.82) is 0 Å². The van der Waals surface area contributed by atoms with Crippen molar-refractivity contribution in [3.05, 3.63) is 29.8 Å². The molecule has 0 atom stereocenters. The predicted octanol–water partition coefficient (Wildman–Crippen LogP) is 4.09. The molecule has 1 aromatic rings. The fourth-order valence-electron chi connectivity index (χ4n) is 1.70. The Kier molecular flexibility index (Phi) is 5.16. The molecular weight excluding hydrogens is 260 g/mol. The zero-order valence-electron chi connectivity index (χ0n) is 12.4. The van der Waals surface area contributed by atoms with E-state index in [1.54, 1.807) is 12.1 Å². The molecule has 19 heavy (non-hydrogen) atoms. The number of benzene rings is 1. The molecule has 0 aromatic heterocycles. The zero-order chi connectivity index (χ0) is 14.7. The van der Waals surface area contributed by atoms with E-state index in [2.05, 4.69) is 13.8 Å². The van der Waals surface area contributed by atoms with Gasteiger partial charge in [0.25, 0.3) is 10.1 Å². The van der Waals surface area contributed by atoms with Crippen LogP contribution in [0.25, 0.3) is 0 Å². The summed E-state index contributed by atoms with van der Waals surface area (Å²) < 4.78 is 29.8. The lowest BCUT2D eigenvalue weighted by molar-refractivity contribution is 0.0883. The molecule has 0 saturated heterocycles. The third-order valence-corrected chi connectivity index (χ3v) is 5.11. The van der Waals surface area contributed by atoms with E-state index < -0.39 is 15.7 Å². The summed E-state index contributed by atoms with van der Waals surface area (Å²) in [5.41, 5.74) is 0.489. The Labute approximate surface area is 117 Å². The fraction of sp³-hybridized carbons (Fsp3) is 0.600. The normalized spacial score (nSPS) is 12.9. The SMILES string of the molecule is CCC(C)(CC)OS(=O)(=O)c1ccc(C(C)C)cc1. The number of hydrogen-bond acceptors (Lipinski definition) is 3. The molecule has 0 unspecified atom stereocenters. The summed E-state index contributed by atoms with van der Waals surface area (Å²) in [6, 6.07) is 6.93. The summed E-state index contributed by atoms with van der Waals surface area (Å²) >= 11 is 0. The Morgan fingerprint density at radius 1 is 1.11 bits per heavy atom. The van der Waals surface area contributed by atoms with Gasteiger partial charge in [0.15, 0.2) is 0 Å². The zero-order valence-corrected chi connectivity index (χ0v) is 13.3. The number of hydrogen-bond donors (Lipinski definition) is 0. The average Bonchev–Trinajstić information content (AvgIpc) is 2.38. The van der Waals surface area contributed by atoms with Gasteiger partial charge in [-0.3, -0.25) is 4.18 Å². The minimum absolute atomic E-state index is 0.227. The molecule has 0 bridgehead atoms. The van der Waals surface area contributed by atoms with Crippen LogP contribution < -0.4 is 0 Å². The molecular formula is C15H24O3S. The van der Waals surface area contributed by atoms with E-state index in [0.29, 0.717) is 18.8 Å². The highest BCUT2D eigenvalue weighted by atomic mass is 32.2. The summed E-state index contributed by atoms with van der Waals surface area (Å²) in [5, 5.41) is 0. The van der Waals surface area contributed by atoms with E-state index in [-0.39, 0.29) is 4.90 Å². The molecule has 0 aliphatic carbocycles. The van der Waals surface area contributed by atoms with Crippen LogP contribution in [0.5, 0.6) is 0 Å². The molecule has 0 aliphatic rings. The number of rotatable bonds is 6. The van der Waals surface area contributed by atoms with Gasteiger partial charge in [-0.2, -0.15) is 8.42 Å². The van der Waals surface area contributed by atoms with Crippen molar-refractivity contribution in [1.82, 2.24) is 0 Å². The van der Waals surface area contributed by atoms with E-state index in [9.17, 15) is 8.42 Å². The molecule has 0 spiro atoms. The maximum atomic E-state index is 12.2. The van der Waals surface area contributed by atoms with Crippen molar-refractivity contribution in [3.63, 3.8) is 0 Å². The Balaban J connectivity index is 3.01. The minimum atomic E-state index is -3.68. The lowest BCUT2D eigenvalue weighted by Crippen LogP contribution is -2.30. The molecule has 3 nitrogen and oxygen atoms in total. The van der Waals surface area contributed by atoms with Crippen molar-refractivity contribution in [2.24, 2.45) is 0 Å². The molecule has 0 fully saturated rings. The monoisotopic (exact) mass is 284 g/mol. The van der Waals surface area contributed by atoms with Crippen LogP contribution in [-0.4, -0.2) is 14.0 Å². The molecule has 0 saturated carbocycles. The van der Waals surface area contributed by atoms with Crippen LogP contribution >= 0.6 is 0 Å². The highest BCUT2D eigenvalue weighted by Gasteiger charge is 2.29. The van der Waals surface area contributed by atoms with Crippen LogP contribution in [0.2, 0.25) is 0 Å². The molecule has 108 valence electrons. The first kappa shape index (κ1) is 16.2. The van der Waals surface area contributed by atoms with Crippen molar-refractivity contribution < 1.29 is 12.6 Å². The van der Waals surface area contributed by atoms with Gasteiger partial charge in [-0.05, 0) is 43.4 Å². The first-order chi connectivity index (χ1) is 8.74. The van der Waals surface area contributed by atoms with E-state index in [1.165, 1.54) is 0 Å². The van der Waals surface area contributed by atoms with Crippen LogP contribution in [0.15, 0.2) is 29.2 Å². The third-order valence-electron chi connectivity index (χ3n) is 3.64. The van der Waals surface area contributed by atoms with Crippen molar-refractivity contribution in [2.75, 3.05) is 0 Å². The Hall–Kier alpha value is -0.870. The van der Waals surface area contributed by atoms with Gasteiger partial charge in [0.2, 0.25) is 0 Å². The molecule has 0 amide bonds. The van der Waals surface area contributed by atoms with Crippen LogP contribution in [-0.2, 0) is 14.3 Å². The van der Waals surface area contributed by atoms with Gasteiger partial charge in [0, 0.05) is 0 Å². The smallest absolute Gasteiger partial charge is 0.260 e. The van der Waals surface area contributed by atoms with Crippen LogP contribution in [0.4, 0.5) is 0 Å². The molecule has 1 aromatic carbocycles. The lowest BCUT2D eigenvalue weighted by Gasteiger charge is -2.26. The van der Waals surface area contributed by atoms with E-state index >= 15 is 0 Å².